The molecule has 0 saturated carbocycles. The van der Waals surface area contributed by atoms with Crippen LogP contribution >= 0.6 is 0 Å². The molecule has 3 rings (SSSR count). The van der Waals surface area contributed by atoms with E-state index in [4.69, 9.17) is 9.47 Å². The van der Waals surface area contributed by atoms with Gasteiger partial charge in [-0.3, -0.25) is 14.8 Å². The summed E-state index contributed by atoms with van der Waals surface area (Å²) in [7, 11) is 5.12. The maximum Gasteiger partial charge on any atom is 0.191 e. The Bertz CT molecular complexity index is 820. The van der Waals surface area contributed by atoms with Gasteiger partial charge in [0.15, 0.2) is 5.96 Å². The number of methoxy groups -OCH3 is 2. The van der Waals surface area contributed by atoms with E-state index in [1.165, 1.54) is 5.56 Å². The number of ether oxygens (including phenoxy) is 2. The summed E-state index contributed by atoms with van der Waals surface area (Å²) in [5.41, 5.74) is 2.45. The molecule has 1 aliphatic rings. The summed E-state index contributed by atoms with van der Waals surface area (Å²) >= 11 is 0. The highest BCUT2D eigenvalue weighted by atomic mass is 16.5. The first-order valence-electron chi connectivity index (χ1n) is 10.9. The average Bonchev–Trinajstić information content (AvgIpc) is 2.83. The van der Waals surface area contributed by atoms with Gasteiger partial charge in [-0.2, -0.15) is 0 Å². The summed E-state index contributed by atoms with van der Waals surface area (Å²) in [4.78, 5) is 9.37. The molecule has 1 aliphatic heterocycles. The van der Waals surface area contributed by atoms with Crippen molar-refractivity contribution < 1.29 is 9.47 Å². The molecule has 1 saturated heterocycles. The number of rotatable bonds is 9. The van der Waals surface area contributed by atoms with E-state index in [0.29, 0.717) is 6.54 Å². The van der Waals surface area contributed by atoms with E-state index in [9.17, 15) is 0 Å². The van der Waals surface area contributed by atoms with Crippen LogP contribution in [0.4, 0.5) is 0 Å². The number of guanidine groups is 1. The third kappa shape index (κ3) is 7.15. The first-order chi connectivity index (χ1) is 15.2. The minimum atomic E-state index is 0.630. The van der Waals surface area contributed by atoms with Gasteiger partial charge in [-0.25, -0.2) is 0 Å². The van der Waals surface area contributed by atoms with Crippen molar-refractivity contribution in [3.05, 3.63) is 59.7 Å². The Morgan fingerprint density at radius 2 is 1.68 bits per heavy atom. The quantitative estimate of drug-likeness (QED) is 0.474. The fraction of sp³-hybridized carbons (Fsp3) is 0.458. The standard InChI is InChI=1S/C24H35N5O2/c1-25-24(27-18-21-9-10-22(30-2)17-23(21)31-3)26-11-12-28-13-15-29(16-14-28)19-20-7-5-4-6-8-20/h4-10,17H,11-16,18-19H2,1-3H3,(H2,25,26,27). The lowest BCUT2D eigenvalue weighted by molar-refractivity contribution is 0.129. The molecule has 0 spiro atoms. The molecule has 0 bridgehead atoms. The monoisotopic (exact) mass is 425 g/mol. The van der Waals surface area contributed by atoms with Gasteiger partial charge in [-0.15, -0.1) is 0 Å². The SMILES string of the molecule is CN=C(NCCN1CCN(Cc2ccccc2)CC1)NCc1ccc(OC)cc1OC. The molecule has 2 N–H and O–H groups in total. The number of hydrogen-bond donors (Lipinski definition) is 2. The zero-order valence-electron chi connectivity index (χ0n) is 18.9. The van der Waals surface area contributed by atoms with Crippen molar-refractivity contribution >= 4 is 5.96 Å². The van der Waals surface area contributed by atoms with Gasteiger partial charge in [0.25, 0.3) is 0 Å². The van der Waals surface area contributed by atoms with Crippen LogP contribution in [0.15, 0.2) is 53.5 Å². The van der Waals surface area contributed by atoms with Crippen LogP contribution in [-0.4, -0.2) is 76.3 Å². The van der Waals surface area contributed by atoms with Gasteiger partial charge in [0.1, 0.15) is 11.5 Å². The third-order valence-electron chi connectivity index (χ3n) is 5.60. The number of nitrogens with zero attached hydrogens (tertiary/aromatic N) is 3. The van der Waals surface area contributed by atoms with Gasteiger partial charge in [0, 0.05) is 71.0 Å². The smallest absolute Gasteiger partial charge is 0.191 e. The molecule has 31 heavy (non-hydrogen) atoms. The van der Waals surface area contributed by atoms with Gasteiger partial charge < -0.3 is 20.1 Å². The van der Waals surface area contributed by atoms with Crippen LogP contribution in [0, 0.1) is 0 Å². The normalized spacial score (nSPS) is 15.5. The van der Waals surface area contributed by atoms with Crippen LogP contribution in [0.2, 0.25) is 0 Å². The molecule has 0 unspecified atom stereocenters. The predicted octanol–water partition coefficient (Wildman–Crippen LogP) is 2.19. The van der Waals surface area contributed by atoms with E-state index in [-0.39, 0.29) is 0 Å². The number of hydrogen-bond acceptors (Lipinski definition) is 5. The lowest BCUT2D eigenvalue weighted by Crippen LogP contribution is -2.48. The lowest BCUT2D eigenvalue weighted by atomic mass is 10.2. The zero-order valence-corrected chi connectivity index (χ0v) is 18.9. The van der Waals surface area contributed by atoms with Crippen molar-refractivity contribution in [1.29, 1.82) is 0 Å². The zero-order chi connectivity index (χ0) is 21.9. The second-order valence-electron chi connectivity index (χ2n) is 7.63. The highest BCUT2D eigenvalue weighted by Gasteiger charge is 2.16. The van der Waals surface area contributed by atoms with Gasteiger partial charge >= 0.3 is 0 Å². The molecule has 2 aromatic rings. The summed E-state index contributed by atoms with van der Waals surface area (Å²) < 4.78 is 10.7. The van der Waals surface area contributed by atoms with Crippen molar-refractivity contribution in [3.63, 3.8) is 0 Å². The minimum Gasteiger partial charge on any atom is -0.497 e. The summed E-state index contributed by atoms with van der Waals surface area (Å²) in [6, 6.07) is 16.5. The summed E-state index contributed by atoms with van der Waals surface area (Å²) in [5, 5.41) is 6.78. The molecule has 7 heteroatoms. The second-order valence-corrected chi connectivity index (χ2v) is 7.63. The van der Waals surface area contributed by atoms with Crippen molar-refractivity contribution in [2.45, 2.75) is 13.1 Å². The van der Waals surface area contributed by atoms with E-state index >= 15 is 0 Å². The maximum absolute atomic E-state index is 5.47. The number of aliphatic imine (C=N–C) groups is 1. The highest BCUT2D eigenvalue weighted by Crippen LogP contribution is 2.24. The van der Waals surface area contributed by atoms with Crippen LogP contribution in [0.25, 0.3) is 0 Å². The van der Waals surface area contributed by atoms with E-state index in [2.05, 4.69) is 55.8 Å². The fourth-order valence-electron chi connectivity index (χ4n) is 3.74. The third-order valence-corrected chi connectivity index (χ3v) is 5.60. The summed E-state index contributed by atoms with van der Waals surface area (Å²) in [5.74, 6) is 2.38. The van der Waals surface area contributed by atoms with Crippen molar-refractivity contribution in [2.24, 2.45) is 4.99 Å². The van der Waals surface area contributed by atoms with E-state index in [0.717, 1.165) is 68.8 Å². The fourth-order valence-corrected chi connectivity index (χ4v) is 3.74. The van der Waals surface area contributed by atoms with Gasteiger partial charge in [0.05, 0.1) is 14.2 Å². The summed E-state index contributed by atoms with van der Waals surface area (Å²) in [6.45, 7) is 7.96. The Hall–Kier alpha value is -2.77. The lowest BCUT2D eigenvalue weighted by Gasteiger charge is -2.34. The van der Waals surface area contributed by atoms with Gasteiger partial charge in [0.2, 0.25) is 0 Å². The first-order valence-corrected chi connectivity index (χ1v) is 10.9. The second kappa shape index (κ2) is 12.2. The van der Waals surface area contributed by atoms with Crippen LogP contribution in [0.1, 0.15) is 11.1 Å². The van der Waals surface area contributed by atoms with Crippen molar-refractivity contribution in [1.82, 2.24) is 20.4 Å². The number of nitrogens with one attached hydrogen (secondary N) is 2. The number of benzene rings is 2. The van der Waals surface area contributed by atoms with Crippen LogP contribution in [-0.2, 0) is 13.1 Å². The van der Waals surface area contributed by atoms with E-state index in [1.54, 1.807) is 21.3 Å². The predicted molar refractivity (Wildman–Crippen MR) is 126 cm³/mol. The van der Waals surface area contributed by atoms with Crippen LogP contribution in [0.3, 0.4) is 0 Å². The van der Waals surface area contributed by atoms with E-state index < -0.39 is 0 Å². The molecular formula is C24H35N5O2. The topological polar surface area (TPSA) is 61.4 Å². The number of piperazine rings is 1. The molecular weight excluding hydrogens is 390 g/mol. The Labute approximate surface area is 186 Å². The molecule has 0 amide bonds. The molecule has 1 fully saturated rings. The molecule has 0 aliphatic carbocycles. The van der Waals surface area contributed by atoms with Crippen LogP contribution in [0.5, 0.6) is 11.5 Å². The Kier molecular flexibility index (Phi) is 8.99. The molecule has 0 aromatic heterocycles. The maximum atomic E-state index is 5.47. The molecule has 1 heterocycles. The van der Waals surface area contributed by atoms with Crippen molar-refractivity contribution in [3.8, 4) is 11.5 Å². The highest BCUT2D eigenvalue weighted by molar-refractivity contribution is 5.79. The molecule has 0 atom stereocenters. The first kappa shape index (κ1) is 22.9. The molecule has 2 aromatic carbocycles. The average molecular weight is 426 g/mol. The minimum absolute atomic E-state index is 0.630. The Balaban J connectivity index is 1.36. The Morgan fingerprint density at radius 3 is 2.35 bits per heavy atom. The Morgan fingerprint density at radius 1 is 0.935 bits per heavy atom. The van der Waals surface area contributed by atoms with E-state index in [1.807, 2.05) is 18.2 Å². The van der Waals surface area contributed by atoms with Crippen LogP contribution < -0.4 is 20.1 Å². The molecule has 0 radical (unpaired) electrons. The summed E-state index contributed by atoms with van der Waals surface area (Å²) in [6.07, 6.45) is 0. The molecule has 7 nitrogen and oxygen atoms in total. The van der Waals surface area contributed by atoms with Gasteiger partial charge in [-0.1, -0.05) is 30.3 Å². The molecule has 168 valence electrons. The largest absolute Gasteiger partial charge is 0.497 e. The van der Waals surface area contributed by atoms with Crippen molar-refractivity contribution in [2.75, 3.05) is 60.5 Å². The van der Waals surface area contributed by atoms with Gasteiger partial charge in [-0.05, 0) is 17.7 Å².